The van der Waals surface area contributed by atoms with Gasteiger partial charge in [-0.05, 0) is 37.2 Å². The molecule has 1 N–H and O–H groups in total. The second-order valence-electron chi connectivity index (χ2n) is 8.19. The molecule has 0 bridgehead atoms. The van der Waals surface area contributed by atoms with Crippen molar-refractivity contribution < 1.29 is 14.3 Å². The fourth-order valence-electron chi connectivity index (χ4n) is 5.71. The van der Waals surface area contributed by atoms with Crippen LogP contribution >= 0.6 is 0 Å². The summed E-state index contributed by atoms with van der Waals surface area (Å²) in [6.45, 7) is 6.79. The second-order valence-corrected chi connectivity index (χ2v) is 8.19. The topological polar surface area (TPSA) is 59.7 Å². The van der Waals surface area contributed by atoms with Gasteiger partial charge in [-0.25, -0.2) is 4.79 Å². The van der Waals surface area contributed by atoms with Gasteiger partial charge >= 0.3 is 5.63 Å². The molecular formula is C19H20O4. The maximum Gasteiger partial charge on any atom is 0.336 e. The Bertz CT molecular complexity index is 909. The highest BCUT2D eigenvalue weighted by Crippen LogP contribution is 2.74. The van der Waals surface area contributed by atoms with Crippen molar-refractivity contribution in [1.29, 1.82) is 0 Å². The molecule has 0 saturated heterocycles. The summed E-state index contributed by atoms with van der Waals surface area (Å²) >= 11 is 0. The van der Waals surface area contributed by atoms with Gasteiger partial charge in [-0.15, -0.1) is 0 Å². The molecule has 1 aliphatic heterocycles. The second kappa shape index (κ2) is 3.74. The molecule has 1 aromatic heterocycles. The Labute approximate surface area is 134 Å². The van der Waals surface area contributed by atoms with E-state index in [1.807, 2.05) is 0 Å². The Balaban J connectivity index is 1.83. The minimum atomic E-state index is -0.415. The van der Waals surface area contributed by atoms with Gasteiger partial charge in [0.1, 0.15) is 22.7 Å². The first-order valence-corrected chi connectivity index (χ1v) is 8.32. The first-order chi connectivity index (χ1) is 10.8. The number of fused-ring (bicyclic) bond motifs is 3. The molecule has 23 heavy (non-hydrogen) atoms. The van der Waals surface area contributed by atoms with Gasteiger partial charge in [0, 0.05) is 29.5 Å². The van der Waals surface area contributed by atoms with Crippen molar-refractivity contribution >= 4 is 11.0 Å². The third kappa shape index (κ3) is 1.41. The molecule has 5 rings (SSSR count). The van der Waals surface area contributed by atoms with Crippen molar-refractivity contribution in [3.8, 4) is 11.5 Å². The number of rotatable bonds is 0. The van der Waals surface area contributed by atoms with Gasteiger partial charge in [0.2, 0.25) is 0 Å². The summed E-state index contributed by atoms with van der Waals surface area (Å²) in [5.74, 6) is 2.30. The lowest BCUT2D eigenvalue weighted by Crippen LogP contribution is -2.59. The van der Waals surface area contributed by atoms with Crippen molar-refractivity contribution in [3.63, 3.8) is 0 Å². The van der Waals surface area contributed by atoms with E-state index in [9.17, 15) is 9.90 Å². The largest absolute Gasteiger partial charge is 0.507 e. The minimum absolute atomic E-state index is 0.154. The SMILES string of the molecule is CC12CCC3C1C(c1c(cc4oc(=O)ccc4c1O)O2)C3(C)C. The van der Waals surface area contributed by atoms with Gasteiger partial charge in [-0.2, -0.15) is 0 Å². The molecule has 2 saturated carbocycles. The van der Waals surface area contributed by atoms with Gasteiger partial charge in [-0.1, -0.05) is 13.8 Å². The average molecular weight is 312 g/mol. The number of benzene rings is 1. The highest BCUT2D eigenvalue weighted by Gasteiger charge is 2.69. The molecule has 0 radical (unpaired) electrons. The van der Waals surface area contributed by atoms with E-state index in [1.165, 1.54) is 12.5 Å². The molecule has 0 amide bonds. The Morgan fingerprint density at radius 2 is 2.04 bits per heavy atom. The van der Waals surface area contributed by atoms with Crippen molar-refractivity contribution in [1.82, 2.24) is 0 Å². The van der Waals surface area contributed by atoms with Crippen molar-refractivity contribution in [2.75, 3.05) is 0 Å². The average Bonchev–Trinajstić information content (AvgIpc) is 2.81. The minimum Gasteiger partial charge on any atom is -0.507 e. The first kappa shape index (κ1) is 13.5. The zero-order valence-corrected chi connectivity index (χ0v) is 13.6. The van der Waals surface area contributed by atoms with Gasteiger partial charge in [-0.3, -0.25) is 0 Å². The summed E-state index contributed by atoms with van der Waals surface area (Å²) < 4.78 is 11.6. The zero-order valence-electron chi connectivity index (χ0n) is 13.6. The third-order valence-electron chi connectivity index (χ3n) is 6.76. The first-order valence-electron chi connectivity index (χ1n) is 8.32. The van der Waals surface area contributed by atoms with E-state index in [1.54, 1.807) is 12.1 Å². The van der Waals surface area contributed by atoms with E-state index in [0.29, 0.717) is 34.5 Å². The maximum absolute atomic E-state index is 11.5. The summed E-state index contributed by atoms with van der Waals surface area (Å²) in [7, 11) is 0. The predicted molar refractivity (Wildman–Crippen MR) is 85.9 cm³/mol. The van der Waals surface area contributed by atoms with Crippen LogP contribution in [0.2, 0.25) is 0 Å². The summed E-state index contributed by atoms with van der Waals surface area (Å²) in [5, 5.41) is 11.5. The number of phenolic OH excluding ortho intramolecular Hbond substituents is 1. The Morgan fingerprint density at radius 1 is 1.26 bits per heavy atom. The van der Waals surface area contributed by atoms with E-state index in [0.717, 1.165) is 12.0 Å². The van der Waals surface area contributed by atoms with E-state index >= 15 is 0 Å². The highest BCUT2D eigenvalue weighted by molar-refractivity contribution is 5.87. The lowest BCUT2D eigenvalue weighted by atomic mass is 9.45. The van der Waals surface area contributed by atoms with Crippen molar-refractivity contribution in [3.05, 3.63) is 34.2 Å². The molecule has 0 spiro atoms. The monoisotopic (exact) mass is 312 g/mol. The fraction of sp³-hybridized carbons (Fsp3) is 0.526. The van der Waals surface area contributed by atoms with E-state index < -0.39 is 5.63 Å². The Morgan fingerprint density at radius 3 is 2.83 bits per heavy atom. The number of aromatic hydroxyl groups is 1. The molecule has 2 heterocycles. The number of phenols is 1. The van der Waals surface area contributed by atoms with Gasteiger partial charge in [0.25, 0.3) is 0 Å². The van der Waals surface area contributed by atoms with Crippen LogP contribution in [-0.2, 0) is 0 Å². The smallest absolute Gasteiger partial charge is 0.336 e. The molecule has 4 unspecified atom stereocenters. The van der Waals surface area contributed by atoms with Crippen LogP contribution in [0, 0.1) is 17.3 Å². The van der Waals surface area contributed by atoms with Crippen LogP contribution in [0.15, 0.2) is 27.4 Å². The molecule has 4 atom stereocenters. The van der Waals surface area contributed by atoms with Crippen molar-refractivity contribution in [2.24, 2.45) is 17.3 Å². The quantitative estimate of drug-likeness (QED) is 0.752. The van der Waals surface area contributed by atoms with Crippen LogP contribution < -0.4 is 10.4 Å². The fourth-order valence-corrected chi connectivity index (χ4v) is 5.71. The van der Waals surface area contributed by atoms with Crippen LogP contribution in [0.25, 0.3) is 11.0 Å². The van der Waals surface area contributed by atoms with Crippen LogP contribution in [0.3, 0.4) is 0 Å². The molecule has 2 fully saturated rings. The van der Waals surface area contributed by atoms with Crippen LogP contribution in [0.5, 0.6) is 11.5 Å². The van der Waals surface area contributed by atoms with Gasteiger partial charge < -0.3 is 14.3 Å². The Kier molecular flexibility index (Phi) is 2.19. The predicted octanol–water partition coefficient (Wildman–Crippen LogP) is 3.80. The van der Waals surface area contributed by atoms with E-state index in [2.05, 4.69) is 20.8 Å². The summed E-state index contributed by atoms with van der Waals surface area (Å²) in [6.07, 6.45) is 2.22. The highest BCUT2D eigenvalue weighted by atomic mass is 16.5. The number of ether oxygens (including phenoxy) is 1. The summed E-state index contributed by atoms with van der Waals surface area (Å²) in [5.41, 5.74) is 0.857. The molecule has 120 valence electrons. The lowest BCUT2D eigenvalue weighted by molar-refractivity contribution is -0.120. The molecule has 2 aromatic rings. The zero-order chi connectivity index (χ0) is 16.1. The number of hydrogen-bond acceptors (Lipinski definition) is 4. The van der Waals surface area contributed by atoms with Crippen molar-refractivity contribution in [2.45, 2.75) is 45.1 Å². The lowest BCUT2D eigenvalue weighted by Gasteiger charge is -2.62. The molecule has 2 aliphatic carbocycles. The molecule has 4 heteroatoms. The third-order valence-corrected chi connectivity index (χ3v) is 6.76. The normalized spacial score (nSPS) is 36.0. The molecule has 3 aliphatic rings. The molecule has 4 nitrogen and oxygen atoms in total. The summed E-state index contributed by atoms with van der Waals surface area (Å²) in [6, 6.07) is 4.78. The molecular weight excluding hydrogens is 292 g/mol. The van der Waals surface area contributed by atoms with Gasteiger partial charge in [0.15, 0.2) is 0 Å². The van der Waals surface area contributed by atoms with Crippen LogP contribution in [0.1, 0.15) is 45.1 Å². The maximum atomic E-state index is 11.5. The van der Waals surface area contributed by atoms with E-state index in [-0.39, 0.29) is 16.8 Å². The standard InChI is InChI=1S/C19H20O4/c1-18(2)10-6-7-19(3)15(10)16(18)14-12(23-19)8-11-9(17(14)21)4-5-13(20)22-11/h4-5,8,10,15-16,21H,6-7H2,1-3H3. The summed E-state index contributed by atoms with van der Waals surface area (Å²) in [4.78, 5) is 11.5. The van der Waals surface area contributed by atoms with E-state index in [4.69, 9.17) is 9.15 Å². The number of hydrogen-bond donors (Lipinski definition) is 1. The molecule has 1 aromatic carbocycles. The van der Waals surface area contributed by atoms with Gasteiger partial charge in [0.05, 0.1) is 5.39 Å². The van der Waals surface area contributed by atoms with Crippen LogP contribution in [0.4, 0.5) is 0 Å². The van der Waals surface area contributed by atoms with Crippen LogP contribution in [-0.4, -0.2) is 10.7 Å². The Hall–Kier alpha value is -1.97.